The third-order valence-corrected chi connectivity index (χ3v) is 2.91. The lowest BCUT2D eigenvalue weighted by Crippen LogP contribution is -2.49. The Morgan fingerprint density at radius 2 is 2.31 bits per heavy atom. The van der Waals surface area contributed by atoms with Crippen LogP contribution in [0.15, 0.2) is 0 Å². The van der Waals surface area contributed by atoms with Gasteiger partial charge in [0, 0.05) is 12.6 Å². The second-order valence-electron chi connectivity index (χ2n) is 4.50. The van der Waals surface area contributed by atoms with Gasteiger partial charge in [-0.3, -0.25) is 4.90 Å². The van der Waals surface area contributed by atoms with Gasteiger partial charge in [-0.25, -0.2) is 0 Å². The van der Waals surface area contributed by atoms with Crippen LogP contribution in [0.4, 0.5) is 0 Å². The van der Waals surface area contributed by atoms with Crippen molar-refractivity contribution in [1.82, 2.24) is 4.90 Å². The van der Waals surface area contributed by atoms with Crippen molar-refractivity contribution in [2.45, 2.75) is 44.8 Å². The lowest BCUT2D eigenvalue weighted by atomic mass is 9.94. The zero-order chi connectivity index (χ0) is 9.90. The number of hydrogen-bond donors (Lipinski definition) is 2. The number of β-amino-alcohol motifs (C(OH)–C–C–N with tert-alkyl or cyclic N) is 1. The molecular formula is C10H22N2O. The summed E-state index contributed by atoms with van der Waals surface area (Å²) in [5.74, 6) is 0. The molecule has 0 bridgehead atoms. The predicted octanol–water partition coefficient (Wildman–Crippen LogP) is 0.570. The van der Waals surface area contributed by atoms with Crippen molar-refractivity contribution in [2.75, 3.05) is 19.6 Å². The van der Waals surface area contributed by atoms with Crippen molar-refractivity contribution in [3.05, 3.63) is 0 Å². The third-order valence-electron chi connectivity index (χ3n) is 2.91. The van der Waals surface area contributed by atoms with Crippen molar-refractivity contribution >= 4 is 0 Å². The van der Waals surface area contributed by atoms with Gasteiger partial charge in [-0.1, -0.05) is 0 Å². The number of hydrogen-bond acceptors (Lipinski definition) is 3. The highest BCUT2D eigenvalue weighted by molar-refractivity contribution is 4.85. The minimum absolute atomic E-state index is 0.485. The Hall–Kier alpha value is -0.120. The van der Waals surface area contributed by atoms with Crippen LogP contribution in [0.3, 0.4) is 0 Å². The van der Waals surface area contributed by atoms with Crippen LogP contribution in [-0.4, -0.2) is 41.3 Å². The highest BCUT2D eigenvalue weighted by Crippen LogP contribution is 2.22. The standard InChI is InChI=1S/C10H22N2O/c1-9(4-6-11)12-7-3-5-10(2,13)8-12/h9,13H,3-8,11H2,1-2H3. The molecule has 2 atom stereocenters. The van der Waals surface area contributed by atoms with E-state index in [0.717, 1.165) is 38.9 Å². The van der Waals surface area contributed by atoms with E-state index < -0.39 is 5.60 Å². The number of rotatable bonds is 3. The molecular weight excluding hydrogens is 164 g/mol. The van der Waals surface area contributed by atoms with Gasteiger partial charge < -0.3 is 10.8 Å². The summed E-state index contributed by atoms with van der Waals surface area (Å²) in [5.41, 5.74) is 5.03. The topological polar surface area (TPSA) is 49.5 Å². The summed E-state index contributed by atoms with van der Waals surface area (Å²) in [7, 11) is 0. The van der Waals surface area contributed by atoms with E-state index in [2.05, 4.69) is 11.8 Å². The van der Waals surface area contributed by atoms with Crippen molar-refractivity contribution in [1.29, 1.82) is 0 Å². The Bertz CT molecular complexity index is 159. The normalized spacial score (nSPS) is 33.2. The molecule has 0 aromatic heterocycles. The molecule has 1 aliphatic rings. The minimum atomic E-state index is -0.485. The smallest absolute Gasteiger partial charge is 0.0746 e. The van der Waals surface area contributed by atoms with Gasteiger partial charge in [-0.15, -0.1) is 0 Å². The molecule has 1 heterocycles. The van der Waals surface area contributed by atoms with E-state index in [1.54, 1.807) is 0 Å². The molecule has 3 N–H and O–H groups in total. The summed E-state index contributed by atoms with van der Waals surface area (Å²) in [6, 6.07) is 0.511. The van der Waals surface area contributed by atoms with Crippen molar-refractivity contribution in [2.24, 2.45) is 5.73 Å². The molecule has 0 spiro atoms. The molecule has 0 radical (unpaired) electrons. The Labute approximate surface area is 80.9 Å². The molecule has 1 saturated heterocycles. The summed E-state index contributed by atoms with van der Waals surface area (Å²) in [6.45, 7) is 6.76. The number of piperidine rings is 1. The molecule has 0 aromatic carbocycles. The molecule has 3 heteroatoms. The maximum absolute atomic E-state index is 9.89. The van der Waals surface area contributed by atoms with Gasteiger partial charge >= 0.3 is 0 Å². The predicted molar refractivity (Wildman–Crippen MR) is 54.6 cm³/mol. The maximum Gasteiger partial charge on any atom is 0.0746 e. The van der Waals surface area contributed by atoms with E-state index in [-0.39, 0.29) is 0 Å². The average Bonchev–Trinajstić information content (AvgIpc) is 2.03. The molecule has 2 unspecified atom stereocenters. The second kappa shape index (κ2) is 4.40. The molecule has 13 heavy (non-hydrogen) atoms. The molecule has 78 valence electrons. The first kappa shape index (κ1) is 11.0. The lowest BCUT2D eigenvalue weighted by Gasteiger charge is -2.40. The zero-order valence-electron chi connectivity index (χ0n) is 8.79. The first-order valence-corrected chi connectivity index (χ1v) is 5.22. The summed E-state index contributed by atoms with van der Waals surface area (Å²) in [4.78, 5) is 2.34. The minimum Gasteiger partial charge on any atom is -0.389 e. The molecule has 0 aliphatic carbocycles. The first-order valence-electron chi connectivity index (χ1n) is 5.22. The maximum atomic E-state index is 9.89. The molecule has 1 rings (SSSR count). The molecule has 0 saturated carbocycles. The van der Waals surface area contributed by atoms with Gasteiger partial charge in [-0.05, 0) is 46.2 Å². The van der Waals surface area contributed by atoms with Gasteiger partial charge in [0.1, 0.15) is 0 Å². The SMILES string of the molecule is CC(CCN)N1CCCC(C)(O)C1. The lowest BCUT2D eigenvalue weighted by molar-refractivity contribution is -0.0282. The number of aliphatic hydroxyl groups is 1. The number of likely N-dealkylation sites (tertiary alicyclic amines) is 1. The number of nitrogens with zero attached hydrogens (tertiary/aromatic N) is 1. The van der Waals surface area contributed by atoms with Crippen LogP contribution in [0.25, 0.3) is 0 Å². The summed E-state index contributed by atoms with van der Waals surface area (Å²) in [6.07, 6.45) is 3.05. The highest BCUT2D eigenvalue weighted by atomic mass is 16.3. The molecule has 3 nitrogen and oxygen atoms in total. The fourth-order valence-electron chi connectivity index (χ4n) is 2.06. The van der Waals surface area contributed by atoms with E-state index in [4.69, 9.17) is 5.73 Å². The van der Waals surface area contributed by atoms with E-state index in [0.29, 0.717) is 6.04 Å². The van der Waals surface area contributed by atoms with Crippen LogP contribution in [0.5, 0.6) is 0 Å². The Kier molecular flexibility index (Phi) is 3.71. The van der Waals surface area contributed by atoms with Gasteiger partial charge in [0.2, 0.25) is 0 Å². The molecule has 0 amide bonds. The van der Waals surface area contributed by atoms with Crippen LogP contribution in [0, 0.1) is 0 Å². The summed E-state index contributed by atoms with van der Waals surface area (Å²) >= 11 is 0. The van der Waals surface area contributed by atoms with Crippen LogP contribution < -0.4 is 5.73 Å². The van der Waals surface area contributed by atoms with Crippen LogP contribution >= 0.6 is 0 Å². The Balaban J connectivity index is 2.42. The second-order valence-corrected chi connectivity index (χ2v) is 4.50. The van der Waals surface area contributed by atoms with Crippen molar-refractivity contribution < 1.29 is 5.11 Å². The fraction of sp³-hybridized carbons (Fsp3) is 1.00. The monoisotopic (exact) mass is 186 g/mol. The van der Waals surface area contributed by atoms with Crippen LogP contribution in [-0.2, 0) is 0 Å². The van der Waals surface area contributed by atoms with Crippen LogP contribution in [0.2, 0.25) is 0 Å². The Morgan fingerprint density at radius 3 is 2.85 bits per heavy atom. The van der Waals surface area contributed by atoms with Gasteiger partial charge in [0.05, 0.1) is 5.60 Å². The third kappa shape index (κ3) is 3.25. The largest absolute Gasteiger partial charge is 0.389 e. The van der Waals surface area contributed by atoms with E-state index >= 15 is 0 Å². The number of nitrogens with two attached hydrogens (primary N) is 1. The molecule has 1 fully saturated rings. The fourth-order valence-corrected chi connectivity index (χ4v) is 2.06. The van der Waals surface area contributed by atoms with Gasteiger partial charge in [0.25, 0.3) is 0 Å². The van der Waals surface area contributed by atoms with Crippen molar-refractivity contribution in [3.8, 4) is 0 Å². The van der Waals surface area contributed by atoms with Gasteiger partial charge in [0.15, 0.2) is 0 Å². The quantitative estimate of drug-likeness (QED) is 0.677. The van der Waals surface area contributed by atoms with Crippen molar-refractivity contribution in [3.63, 3.8) is 0 Å². The van der Waals surface area contributed by atoms with Gasteiger partial charge in [-0.2, -0.15) is 0 Å². The van der Waals surface area contributed by atoms with Crippen LogP contribution in [0.1, 0.15) is 33.1 Å². The molecule has 0 aromatic rings. The highest BCUT2D eigenvalue weighted by Gasteiger charge is 2.30. The van der Waals surface area contributed by atoms with E-state index in [1.807, 2.05) is 6.92 Å². The van der Waals surface area contributed by atoms with E-state index in [1.165, 1.54) is 0 Å². The first-order chi connectivity index (χ1) is 6.05. The van der Waals surface area contributed by atoms with E-state index in [9.17, 15) is 5.11 Å². The Morgan fingerprint density at radius 1 is 1.62 bits per heavy atom. The average molecular weight is 186 g/mol. The summed E-state index contributed by atoms with van der Waals surface area (Å²) in [5, 5.41) is 9.89. The zero-order valence-corrected chi connectivity index (χ0v) is 8.79. The summed E-state index contributed by atoms with van der Waals surface area (Å²) < 4.78 is 0. The molecule has 1 aliphatic heterocycles.